The first kappa shape index (κ1) is 19.8. The number of hydrogen-bond acceptors (Lipinski definition) is 6. The molecule has 0 aliphatic carbocycles. The maximum absolute atomic E-state index is 13.8. The molecule has 4 bridgehead atoms. The maximum Gasteiger partial charge on any atom is 0.394 e. The number of nitrogens with zero attached hydrogens (tertiary/aromatic N) is 1. The quantitative estimate of drug-likeness (QED) is 0.505. The molecule has 0 saturated carbocycles. The molecule has 9 heteroatoms. The van der Waals surface area contributed by atoms with Crippen LogP contribution in [-0.4, -0.2) is 54.4 Å². The van der Waals surface area contributed by atoms with Gasteiger partial charge in [0.2, 0.25) is 0 Å². The molecule has 0 aromatic heterocycles. The van der Waals surface area contributed by atoms with Crippen molar-refractivity contribution in [2.75, 3.05) is 6.54 Å². The number of ether oxygens (including phenoxy) is 1. The Morgan fingerprint density at radius 1 is 0.963 bits per heavy atom. The van der Waals surface area contributed by atoms with E-state index in [-0.39, 0.29) is 24.7 Å². The van der Waals surface area contributed by atoms with Gasteiger partial charge in [-0.1, -0.05) is 19.3 Å². The van der Waals surface area contributed by atoms with Crippen molar-refractivity contribution in [2.24, 2.45) is 11.7 Å². The fraction of sp³-hybridized carbons (Fsp3) is 1.00. The number of hydrazine groups is 1. The molecule has 4 heterocycles. The van der Waals surface area contributed by atoms with Gasteiger partial charge in [0, 0.05) is 12.1 Å². The molecule has 0 aromatic rings. The van der Waals surface area contributed by atoms with Crippen molar-refractivity contribution < 1.29 is 17.9 Å². The fourth-order valence-electron chi connectivity index (χ4n) is 5.29. The molecular formula is C18H32F3N5O. The van der Waals surface area contributed by atoms with E-state index in [0.717, 1.165) is 57.9 Å². The molecule has 4 fully saturated rings. The first-order valence-electron chi connectivity index (χ1n) is 10.4. The molecule has 6 nitrogen and oxygen atoms in total. The highest BCUT2D eigenvalue weighted by Crippen LogP contribution is 2.40. The molecule has 5 N–H and O–H groups in total. The van der Waals surface area contributed by atoms with Crippen molar-refractivity contribution in [1.82, 2.24) is 21.1 Å². The second-order valence-corrected chi connectivity index (χ2v) is 8.54. The van der Waals surface area contributed by atoms with Crippen LogP contribution in [0.25, 0.3) is 0 Å². The van der Waals surface area contributed by atoms with E-state index < -0.39 is 30.5 Å². The van der Waals surface area contributed by atoms with Crippen molar-refractivity contribution in [2.45, 2.75) is 101 Å². The van der Waals surface area contributed by atoms with Gasteiger partial charge in [0.15, 0.2) is 0 Å². The summed E-state index contributed by atoms with van der Waals surface area (Å²) in [5.74, 6) is -1.44. The minimum Gasteiger partial charge on any atom is -0.341 e. The van der Waals surface area contributed by atoms with Crippen molar-refractivity contribution in [3.63, 3.8) is 0 Å². The van der Waals surface area contributed by atoms with Gasteiger partial charge in [-0.25, -0.2) is 10.9 Å². The first-order valence-corrected chi connectivity index (χ1v) is 10.4. The third-order valence-corrected chi connectivity index (χ3v) is 6.71. The van der Waals surface area contributed by atoms with Gasteiger partial charge >= 0.3 is 6.18 Å². The summed E-state index contributed by atoms with van der Waals surface area (Å²) in [5.41, 5.74) is 12.4. The smallest absolute Gasteiger partial charge is 0.341 e. The minimum absolute atomic E-state index is 0.0682. The highest BCUT2D eigenvalue weighted by atomic mass is 19.4. The molecule has 0 amide bonds. The van der Waals surface area contributed by atoms with Crippen molar-refractivity contribution >= 4 is 0 Å². The van der Waals surface area contributed by atoms with Crippen LogP contribution in [0.15, 0.2) is 0 Å². The molecule has 6 unspecified atom stereocenters. The number of halogens is 3. The molecule has 4 aliphatic rings. The molecule has 0 spiro atoms. The lowest BCUT2D eigenvalue weighted by Crippen LogP contribution is -2.70. The molecule has 4 saturated heterocycles. The Morgan fingerprint density at radius 2 is 1.70 bits per heavy atom. The van der Waals surface area contributed by atoms with E-state index in [9.17, 15) is 13.2 Å². The van der Waals surface area contributed by atoms with Gasteiger partial charge in [0.1, 0.15) is 12.5 Å². The number of nitrogens with one attached hydrogen (secondary N) is 3. The Labute approximate surface area is 158 Å². The van der Waals surface area contributed by atoms with Crippen LogP contribution in [0.2, 0.25) is 0 Å². The van der Waals surface area contributed by atoms with Crippen LogP contribution in [0.1, 0.15) is 57.8 Å². The van der Waals surface area contributed by atoms with Crippen LogP contribution < -0.4 is 21.9 Å². The third kappa shape index (κ3) is 4.28. The average molecular weight is 391 g/mol. The zero-order chi connectivity index (χ0) is 19.0. The lowest BCUT2D eigenvalue weighted by Gasteiger charge is -2.48. The molecular weight excluding hydrogens is 359 g/mol. The third-order valence-electron chi connectivity index (χ3n) is 6.71. The van der Waals surface area contributed by atoms with Gasteiger partial charge in [0.25, 0.3) is 0 Å². The zero-order valence-electron chi connectivity index (χ0n) is 15.7. The van der Waals surface area contributed by atoms with E-state index in [2.05, 4.69) is 21.1 Å². The predicted molar refractivity (Wildman–Crippen MR) is 95.2 cm³/mol. The van der Waals surface area contributed by atoms with Crippen LogP contribution >= 0.6 is 0 Å². The van der Waals surface area contributed by atoms with E-state index in [1.165, 1.54) is 0 Å². The second kappa shape index (κ2) is 8.12. The number of rotatable bonds is 0. The van der Waals surface area contributed by atoms with E-state index in [4.69, 9.17) is 10.5 Å². The predicted octanol–water partition coefficient (Wildman–Crippen LogP) is 1.78. The largest absolute Gasteiger partial charge is 0.394 e. The Kier molecular flexibility index (Phi) is 5.97. The van der Waals surface area contributed by atoms with E-state index in [0.29, 0.717) is 0 Å². The topological polar surface area (TPSA) is 74.6 Å². The monoisotopic (exact) mass is 391 g/mol. The normalized spacial score (nSPS) is 44.7. The average Bonchev–Trinajstić information content (AvgIpc) is 3.26. The Morgan fingerprint density at radius 3 is 2.48 bits per heavy atom. The van der Waals surface area contributed by atoms with Gasteiger partial charge in [-0.2, -0.15) is 13.2 Å². The summed E-state index contributed by atoms with van der Waals surface area (Å²) in [7, 11) is 0. The lowest BCUT2D eigenvalue weighted by atomic mass is 9.85. The summed E-state index contributed by atoms with van der Waals surface area (Å²) in [6, 6.07) is -0.733. The second-order valence-electron chi connectivity index (χ2n) is 8.54. The van der Waals surface area contributed by atoms with Crippen molar-refractivity contribution in [1.29, 1.82) is 0 Å². The van der Waals surface area contributed by atoms with Gasteiger partial charge in [-0.05, 0) is 45.1 Å². The Hall–Kier alpha value is -0.450. The summed E-state index contributed by atoms with van der Waals surface area (Å²) in [5, 5.41) is 3.27. The molecule has 4 aliphatic heterocycles. The molecule has 0 aromatic carbocycles. The van der Waals surface area contributed by atoms with Gasteiger partial charge < -0.3 is 10.5 Å². The van der Waals surface area contributed by atoms with Crippen LogP contribution in [0, 0.1) is 5.92 Å². The number of alkyl halides is 3. The van der Waals surface area contributed by atoms with Gasteiger partial charge in [0.05, 0.1) is 18.1 Å². The highest BCUT2D eigenvalue weighted by Gasteiger charge is 2.54. The van der Waals surface area contributed by atoms with Gasteiger partial charge in [-0.3, -0.25) is 10.2 Å². The SMILES string of the molecule is NC1CC(C(F)(F)F)C2NC1C1NNC(CCCCCC[C@@H]3CCCN23)O1. The standard InChI is InChI=1S/C18H32F3N5O/c19-18(20,21)12-10-13(22)15-17-25-24-14(27-17)8-4-2-1-3-6-11-7-5-9-26(11)16(12)23-15/h11-17,23-25H,1-10,22H2/t11-,12?,13?,14?,15?,16?,17?/m1/s1. The van der Waals surface area contributed by atoms with Crippen LogP contribution in [-0.2, 0) is 4.74 Å². The number of hydrogen-bond donors (Lipinski definition) is 4. The minimum atomic E-state index is -4.26. The number of fused-ring (bicyclic) bond motifs is 7. The first-order chi connectivity index (χ1) is 12.9. The van der Waals surface area contributed by atoms with E-state index in [1.807, 2.05) is 0 Å². The van der Waals surface area contributed by atoms with Crippen LogP contribution in [0.3, 0.4) is 0 Å². The summed E-state index contributed by atoms with van der Waals surface area (Å²) in [6.45, 7) is 0.719. The zero-order valence-corrected chi connectivity index (χ0v) is 15.7. The summed E-state index contributed by atoms with van der Waals surface area (Å²) >= 11 is 0. The van der Waals surface area contributed by atoms with E-state index >= 15 is 0 Å². The summed E-state index contributed by atoms with van der Waals surface area (Å²) < 4.78 is 47.6. The highest BCUT2D eigenvalue weighted by molar-refractivity contribution is 5.01. The molecule has 4 rings (SSSR count). The fourth-order valence-corrected chi connectivity index (χ4v) is 5.29. The molecule has 156 valence electrons. The Balaban J connectivity index is 1.59. The lowest BCUT2D eigenvalue weighted by molar-refractivity contribution is -0.210. The Bertz CT molecular complexity index is 508. The van der Waals surface area contributed by atoms with E-state index in [1.54, 1.807) is 0 Å². The number of piperidine rings is 1. The van der Waals surface area contributed by atoms with Crippen molar-refractivity contribution in [3.05, 3.63) is 0 Å². The molecule has 0 radical (unpaired) electrons. The number of nitrogens with two attached hydrogens (primary N) is 1. The van der Waals surface area contributed by atoms with Crippen LogP contribution in [0.4, 0.5) is 13.2 Å². The summed E-state index contributed by atoms with van der Waals surface area (Å²) in [6.07, 6.45) is 2.69. The van der Waals surface area contributed by atoms with Gasteiger partial charge in [-0.15, -0.1) is 0 Å². The maximum atomic E-state index is 13.8. The molecule has 7 atom stereocenters. The van der Waals surface area contributed by atoms with Crippen LogP contribution in [0.5, 0.6) is 0 Å². The summed E-state index contributed by atoms with van der Waals surface area (Å²) in [4.78, 5) is 2.07. The molecule has 27 heavy (non-hydrogen) atoms. The van der Waals surface area contributed by atoms with Crippen molar-refractivity contribution in [3.8, 4) is 0 Å².